The van der Waals surface area contributed by atoms with Crippen molar-refractivity contribution in [1.29, 1.82) is 0 Å². The van der Waals surface area contributed by atoms with E-state index in [0.717, 1.165) is 36.9 Å². The van der Waals surface area contributed by atoms with E-state index in [2.05, 4.69) is 27.0 Å². The number of nitrogens with one attached hydrogen (secondary N) is 1. The lowest BCUT2D eigenvalue weighted by atomic mass is 10.2. The molecule has 144 valence electrons. The van der Waals surface area contributed by atoms with Gasteiger partial charge >= 0.3 is 0 Å². The molecule has 6 heteroatoms. The SMILES string of the molecule is CCNC(=NCc1coc(-c2ccccc2)n1)N1CCC(N2CCCC2)C1. The van der Waals surface area contributed by atoms with Gasteiger partial charge in [-0.3, -0.25) is 4.90 Å². The summed E-state index contributed by atoms with van der Waals surface area (Å²) in [6, 6.07) is 10.7. The molecule has 3 heterocycles. The van der Waals surface area contributed by atoms with Crippen molar-refractivity contribution in [1.82, 2.24) is 20.1 Å². The maximum absolute atomic E-state index is 5.63. The van der Waals surface area contributed by atoms with E-state index >= 15 is 0 Å². The first kappa shape index (κ1) is 18.0. The molecule has 0 spiro atoms. The molecular weight excluding hydrogens is 338 g/mol. The van der Waals surface area contributed by atoms with Crippen LogP contribution in [0.1, 0.15) is 31.9 Å². The van der Waals surface area contributed by atoms with Crippen LogP contribution in [-0.2, 0) is 6.54 Å². The average molecular weight is 367 g/mol. The monoisotopic (exact) mass is 367 g/mol. The van der Waals surface area contributed by atoms with Gasteiger partial charge in [-0.15, -0.1) is 0 Å². The minimum atomic E-state index is 0.531. The minimum Gasteiger partial charge on any atom is -0.444 e. The Morgan fingerprint density at radius 2 is 2.04 bits per heavy atom. The topological polar surface area (TPSA) is 56.9 Å². The van der Waals surface area contributed by atoms with E-state index in [1.807, 2.05) is 30.3 Å². The van der Waals surface area contributed by atoms with Crippen molar-refractivity contribution < 1.29 is 4.42 Å². The van der Waals surface area contributed by atoms with Gasteiger partial charge in [-0.05, 0) is 51.4 Å². The molecule has 2 saturated heterocycles. The van der Waals surface area contributed by atoms with E-state index in [1.165, 1.54) is 32.4 Å². The van der Waals surface area contributed by atoms with Crippen LogP contribution in [0.25, 0.3) is 11.5 Å². The number of rotatable bonds is 5. The first-order valence-electron chi connectivity index (χ1n) is 10.1. The summed E-state index contributed by atoms with van der Waals surface area (Å²) in [5, 5.41) is 3.44. The highest BCUT2D eigenvalue weighted by atomic mass is 16.3. The number of hydrogen-bond donors (Lipinski definition) is 1. The van der Waals surface area contributed by atoms with Gasteiger partial charge in [0.1, 0.15) is 12.0 Å². The number of benzene rings is 1. The van der Waals surface area contributed by atoms with Gasteiger partial charge in [0.25, 0.3) is 0 Å². The molecule has 4 rings (SSSR count). The van der Waals surface area contributed by atoms with Gasteiger partial charge in [0.15, 0.2) is 5.96 Å². The van der Waals surface area contributed by atoms with Crippen LogP contribution in [0, 0.1) is 0 Å². The van der Waals surface area contributed by atoms with Crippen molar-refractivity contribution in [2.24, 2.45) is 4.99 Å². The van der Waals surface area contributed by atoms with Crippen LogP contribution in [0.4, 0.5) is 0 Å². The van der Waals surface area contributed by atoms with Crippen molar-refractivity contribution in [3.05, 3.63) is 42.3 Å². The Hall–Kier alpha value is -2.34. The number of likely N-dealkylation sites (tertiary alicyclic amines) is 2. The Bertz CT molecular complexity index is 751. The summed E-state index contributed by atoms with van der Waals surface area (Å²) in [4.78, 5) is 14.5. The van der Waals surface area contributed by atoms with Crippen LogP contribution in [-0.4, -0.2) is 59.5 Å². The molecule has 27 heavy (non-hydrogen) atoms. The molecule has 0 bridgehead atoms. The molecule has 1 unspecified atom stereocenters. The second kappa shape index (κ2) is 8.57. The summed E-state index contributed by atoms with van der Waals surface area (Å²) in [6.45, 7) is 8.18. The molecule has 1 aromatic carbocycles. The Balaban J connectivity index is 1.40. The van der Waals surface area contributed by atoms with Crippen LogP contribution < -0.4 is 5.32 Å². The summed E-state index contributed by atoms with van der Waals surface area (Å²) in [5.74, 6) is 1.64. The Kier molecular flexibility index (Phi) is 5.72. The molecule has 0 amide bonds. The number of hydrogen-bond acceptors (Lipinski definition) is 4. The van der Waals surface area contributed by atoms with Crippen LogP contribution in [0.15, 0.2) is 46.0 Å². The molecule has 0 aliphatic carbocycles. The first-order valence-corrected chi connectivity index (χ1v) is 10.1. The third-order valence-corrected chi connectivity index (χ3v) is 5.42. The third-order valence-electron chi connectivity index (χ3n) is 5.42. The summed E-state index contributed by atoms with van der Waals surface area (Å²) in [6.07, 6.45) is 5.64. The van der Waals surface area contributed by atoms with Gasteiger partial charge in [-0.1, -0.05) is 18.2 Å². The number of guanidine groups is 1. The second-order valence-electron chi connectivity index (χ2n) is 7.31. The summed E-state index contributed by atoms with van der Waals surface area (Å²) < 4.78 is 5.63. The van der Waals surface area contributed by atoms with Crippen molar-refractivity contribution in [3.8, 4) is 11.5 Å². The third kappa shape index (κ3) is 4.33. The smallest absolute Gasteiger partial charge is 0.226 e. The number of oxazole rings is 1. The van der Waals surface area contributed by atoms with Crippen LogP contribution in [0.5, 0.6) is 0 Å². The summed E-state index contributed by atoms with van der Waals surface area (Å²) >= 11 is 0. The number of aromatic nitrogens is 1. The van der Waals surface area contributed by atoms with Crippen LogP contribution in [0.3, 0.4) is 0 Å². The molecule has 2 fully saturated rings. The van der Waals surface area contributed by atoms with E-state index in [0.29, 0.717) is 18.5 Å². The fraction of sp³-hybridized carbons (Fsp3) is 0.524. The van der Waals surface area contributed by atoms with Gasteiger partial charge in [0, 0.05) is 31.2 Å². The predicted molar refractivity (Wildman–Crippen MR) is 108 cm³/mol. The molecule has 1 N–H and O–H groups in total. The zero-order valence-corrected chi connectivity index (χ0v) is 16.1. The van der Waals surface area contributed by atoms with Gasteiger partial charge in [0.05, 0.1) is 6.54 Å². The van der Waals surface area contributed by atoms with E-state index in [-0.39, 0.29) is 0 Å². The molecule has 2 aliphatic heterocycles. The first-order chi connectivity index (χ1) is 13.3. The van der Waals surface area contributed by atoms with Crippen molar-refractivity contribution in [2.75, 3.05) is 32.7 Å². The van der Waals surface area contributed by atoms with Gasteiger partial charge in [-0.25, -0.2) is 9.98 Å². The quantitative estimate of drug-likeness (QED) is 0.650. The maximum atomic E-state index is 5.63. The number of nitrogens with zero attached hydrogens (tertiary/aromatic N) is 4. The van der Waals surface area contributed by atoms with Crippen molar-refractivity contribution >= 4 is 5.96 Å². The summed E-state index contributed by atoms with van der Waals surface area (Å²) in [7, 11) is 0. The zero-order chi connectivity index (χ0) is 18.5. The van der Waals surface area contributed by atoms with E-state index in [1.54, 1.807) is 6.26 Å². The average Bonchev–Trinajstić information content (AvgIpc) is 3.47. The predicted octanol–water partition coefficient (Wildman–Crippen LogP) is 2.98. The molecular formula is C21H29N5O. The molecule has 2 aromatic rings. The van der Waals surface area contributed by atoms with E-state index in [4.69, 9.17) is 9.41 Å². The standard InChI is InChI=1S/C21H29N5O/c1-2-22-21(26-13-10-19(15-26)25-11-6-7-12-25)23-14-18-16-27-20(24-18)17-8-4-3-5-9-17/h3-5,8-9,16,19H,2,6-7,10-15H2,1H3,(H,22,23). The Morgan fingerprint density at radius 3 is 2.81 bits per heavy atom. The Labute approximate surface area is 161 Å². The lowest BCUT2D eigenvalue weighted by molar-refractivity contribution is 0.249. The lowest BCUT2D eigenvalue weighted by Gasteiger charge is -2.25. The van der Waals surface area contributed by atoms with E-state index in [9.17, 15) is 0 Å². The molecule has 2 aliphatic rings. The fourth-order valence-electron chi connectivity index (χ4n) is 4.01. The Morgan fingerprint density at radius 1 is 1.22 bits per heavy atom. The highest BCUT2D eigenvalue weighted by Crippen LogP contribution is 2.21. The molecule has 0 radical (unpaired) electrons. The molecule has 0 saturated carbocycles. The van der Waals surface area contributed by atoms with Crippen molar-refractivity contribution in [3.63, 3.8) is 0 Å². The zero-order valence-electron chi connectivity index (χ0n) is 16.1. The van der Waals surface area contributed by atoms with Gasteiger partial charge in [-0.2, -0.15) is 0 Å². The highest BCUT2D eigenvalue weighted by Gasteiger charge is 2.30. The minimum absolute atomic E-state index is 0.531. The van der Waals surface area contributed by atoms with Crippen LogP contribution >= 0.6 is 0 Å². The van der Waals surface area contributed by atoms with Gasteiger partial charge < -0.3 is 14.6 Å². The summed E-state index contributed by atoms with van der Waals surface area (Å²) in [5.41, 5.74) is 1.85. The van der Waals surface area contributed by atoms with Crippen molar-refractivity contribution in [2.45, 2.75) is 38.8 Å². The van der Waals surface area contributed by atoms with E-state index < -0.39 is 0 Å². The lowest BCUT2D eigenvalue weighted by Crippen LogP contribution is -2.42. The van der Waals surface area contributed by atoms with Gasteiger partial charge in [0.2, 0.25) is 5.89 Å². The largest absolute Gasteiger partial charge is 0.444 e. The number of aliphatic imine (C=N–C) groups is 1. The maximum Gasteiger partial charge on any atom is 0.226 e. The fourth-order valence-corrected chi connectivity index (χ4v) is 4.01. The highest BCUT2D eigenvalue weighted by molar-refractivity contribution is 5.80. The molecule has 6 nitrogen and oxygen atoms in total. The molecule has 1 atom stereocenters. The normalized spacial score (nSPS) is 21.1. The second-order valence-corrected chi connectivity index (χ2v) is 7.31. The van der Waals surface area contributed by atoms with Crippen LogP contribution in [0.2, 0.25) is 0 Å². The molecule has 1 aromatic heterocycles.